The van der Waals surface area contributed by atoms with Gasteiger partial charge in [-0.05, 0) is 48.4 Å². The fourth-order valence-corrected chi connectivity index (χ4v) is 6.09. The normalized spacial score (nSPS) is 16.5. The van der Waals surface area contributed by atoms with Crippen LogP contribution in [0, 0.1) is 0 Å². The quantitative estimate of drug-likeness (QED) is 0.333. The minimum Gasteiger partial charge on any atom is -0.454 e. The zero-order valence-electron chi connectivity index (χ0n) is 22.5. The Morgan fingerprint density at radius 1 is 1.07 bits per heavy atom. The zero-order chi connectivity index (χ0) is 29.5. The average Bonchev–Trinajstić information content (AvgIpc) is 3.62. The molecule has 0 bridgehead atoms. The van der Waals surface area contributed by atoms with Gasteiger partial charge in [-0.15, -0.1) is 0 Å². The van der Waals surface area contributed by atoms with Crippen LogP contribution in [0.1, 0.15) is 29.7 Å². The number of rotatable bonds is 7. The second-order valence-electron chi connectivity index (χ2n) is 10.0. The molecule has 0 saturated heterocycles. The van der Waals surface area contributed by atoms with Gasteiger partial charge in [-0.25, -0.2) is 14.9 Å². The Morgan fingerprint density at radius 2 is 1.93 bits per heavy atom. The predicted molar refractivity (Wildman–Crippen MR) is 162 cm³/mol. The van der Waals surface area contributed by atoms with Crippen molar-refractivity contribution in [1.82, 2.24) is 19.6 Å². The number of hydrogen-bond donors (Lipinski definition) is 1. The standard InChI is InChI=1S/C30H23ClN6O5S/c31-18-6-9-25-33-19(12-27(39)36(25)14-18)15-43-30-35-21-4-2-1-3-20(21)28-34-22(29(40)37(28)30)7-10-26(38)32-13-17-5-8-23-24(11-17)42-16-41-23/h1-6,8-9,11-12,14,22H,7,10,13,15-16H2,(H,32,38)/t22-/m0/s1. The molecule has 0 saturated carbocycles. The predicted octanol–water partition coefficient (Wildman–Crippen LogP) is 4.07. The van der Waals surface area contributed by atoms with Crippen LogP contribution in [-0.2, 0) is 21.9 Å². The van der Waals surface area contributed by atoms with Crippen molar-refractivity contribution in [2.75, 3.05) is 6.79 Å². The fraction of sp³-hybridized carbons (Fsp3) is 0.200. The van der Waals surface area contributed by atoms with Gasteiger partial charge in [0.25, 0.3) is 11.5 Å². The van der Waals surface area contributed by atoms with Gasteiger partial charge < -0.3 is 14.8 Å². The first-order valence-corrected chi connectivity index (χ1v) is 14.8. The summed E-state index contributed by atoms with van der Waals surface area (Å²) in [6, 6.07) is 17.1. The van der Waals surface area contributed by atoms with Gasteiger partial charge in [-0.2, -0.15) is 0 Å². The Kier molecular flexibility index (Phi) is 7.07. The number of aromatic nitrogens is 2. The van der Waals surface area contributed by atoms with Crippen LogP contribution in [-0.4, -0.2) is 49.9 Å². The van der Waals surface area contributed by atoms with Crippen molar-refractivity contribution in [1.29, 1.82) is 0 Å². The first-order chi connectivity index (χ1) is 20.9. The third-order valence-electron chi connectivity index (χ3n) is 7.14. The highest BCUT2D eigenvalue weighted by atomic mass is 35.5. The summed E-state index contributed by atoms with van der Waals surface area (Å²) >= 11 is 7.32. The Hall–Kier alpha value is -4.68. The summed E-state index contributed by atoms with van der Waals surface area (Å²) in [5.74, 6) is 1.71. The van der Waals surface area contributed by atoms with Gasteiger partial charge in [-0.3, -0.25) is 23.8 Å². The lowest BCUT2D eigenvalue weighted by molar-refractivity contribution is -0.125. The molecule has 0 fully saturated rings. The van der Waals surface area contributed by atoms with E-state index < -0.39 is 6.04 Å². The van der Waals surface area contributed by atoms with E-state index in [9.17, 15) is 14.4 Å². The number of nitrogens with zero attached hydrogens (tertiary/aromatic N) is 5. The van der Waals surface area contributed by atoms with Crippen molar-refractivity contribution in [3.63, 3.8) is 0 Å². The number of carbonyl (C=O) groups excluding carboxylic acids is 2. The van der Waals surface area contributed by atoms with E-state index in [4.69, 9.17) is 31.1 Å². The van der Waals surface area contributed by atoms with E-state index in [-0.39, 0.29) is 37.0 Å². The van der Waals surface area contributed by atoms with Crippen LogP contribution in [0.25, 0.3) is 5.65 Å². The van der Waals surface area contributed by atoms with E-state index >= 15 is 0 Å². The molecule has 0 unspecified atom stereocenters. The number of carbonyl (C=O) groups is 2. The molecule has 1 atom stereocenters. The van der Waals surface area contributed by atoms with Crippen LogP contribution >= 0.6 is 23.4 Å². The first-order valence-electron chi connectivity index (χ1n) is 13.5. The number of thioether (sulfide) groups is 1. The lowest BCUT2D eigenvalue weighted by Crippen LogP contribution is -2.41. The van der Waals surface area contributed by atoms with Crippen molar-refractivity contribution in [3.05, 3.63) is 99.1 Å². The minimum atomic E-state index is -0.726. The van der Waals surface area contributed by atoms with Crippen LogP contribution < -0.4 is 20.3 Å². The first kappa shape index (κ1) is 27.2. The molecule has 0 radical (unpaired) electrons. The summed E-state index contributed by atoms with van der Waals surface area (Å²) in [5, 5.41) is 3.77. The lowest BCUT2D eigenvalue weighted by atomic mass is 10.1. The smallest absolute Gasteiger partial charge is 0.259 e. The molecule has 1 N–H and O–H groups in total. The number of pyridine rings is 1. The minimum absolute atomic E-state index is 0.127. The highest BCUT2D eigenvalue weighted by molar-refractivity contribution is 8.13. The highest BCUT2D eigenvalue weighted by Crippen LogP contribution is 2.35. The molecule has 216 valence electrons. The number of nitrogens with one attached hydrogen (secondary N) is 1. The maximum absolute atomic E-state index is 13.6. The van der Waals surface area contributed by atoms with Gasteiger partial charge in [0.15, 0.2) is 16.7 Å². The maximum Gasteiger partial charge on any atom is 0.259 e. The summed E-state index contributed by atoms with van der Waals surface area (Å²) in [5.41, 5.74) is 3.08. The van der Waals surface area contributed by atoms with Crippen molar-refractivity contribution in [2.45, 2.75) is 31.2 Å². The second-order valence-corrected chi connectivity index (χ2v) is 11.4. The number of para-hydroxylation sites is 1. The summed E-state index contributed by atoms with van der Waals surface area (Å²) in [6.45, 7) is 0.515. The highest BCUT2D eigenvalue weighted by Gasteiger charge is 2.41. The van der Waals surface area contributed by atoms with Crippen LogP contribution in [0.15, 0.2) is 81.6 Å². The number of halogens is 1. The van der Waals surface area contributed by atoms with Crippen LogP contribution in [0.3, 0.4) is 0 Å². The SMILES string of the molecule is O=C(CC[C@@H]1N=C2c3ccccc3N=C(SCc3cc(=O)n4cc(Cl)ccc4n3)N2C1=O)NCc1ccc2c(c1)OCO2. The molecule has 2 aromatic carbocycles. The number of amides is 2. The van der Waals surface area contributed by atoms with Crippen LogP contribution in [0.2, 0.25) is 5.02 Å². The molecule has 43 heavy (non-hydrogen) atoms. The van der Waals surface area contributed by atoms with Gasteiger partial charge >= 0.3 is 0 Å². The summed E-state index contributed by atoms with van der Waals surface area (Å²) in [7, 11) is 0. The molecule has 13 heteroatoms. The molecule has 3 aliphatic heterocycles. The third kappa shape index (κ3) is 5.35. The van der Waals surface area contributed by atoms with Gasteiger partial charge in [-0.1, -0.05) is 41.6 Å². The molecule has 5 heterocycles. The van der Waals surface area contributed by atoms with E-state index in [1.807, 2.05) is 42.5 Å². The zero-order valence-corrected chi connectivity index (χ0v) is 24.1. The average molecular weight is 615 g/mol. The number of aliphatic imine (C=N–C) groups is 2. The Morgan fingerprint density at radius 3 is 2.84 bits per heavy atom. The monoisotopic (exact) mass is 614 g/mol. The number of hydrogen-bond acceptors (Lipinski definition) is 9. The van der Waals surface area contributed by atoms with Crippen molar-refractivity contribution in [2.24, 2.45) is 9.98 Å². The maximum atomic E-state index is 13.6. The van der Waals surface area contributed by atoms with E-state index in [0.717, 1.165) is 11.1 Å². The molecule has 2 aromatic heterocycles. The summed E-state index contributed by atoms with van der Waals surface area (Å²) in [6.07, 6.45) is 1.90. The van der Waals surface area contributed by atoms with Crippen molar-refractivity contribution in [3.8, 4) is 11.5 Å². The third-order valence-corrected chi connectivity index (χ3v) is 8.34. The van der Waals surface area contributed by atoms with E-state index in [2.05, 4.69) is 10.3 Å². The van der Waals surface area contributed by atoms with Gasteiger partial charge in [0.05, 0.1) is 16.4 Å². The molecule has 7 rings (SSSR count). The van der Waals surface area contributed by atoms with E-state index in [1.165, 1.54) is 33.3 Å². The topological polar surface area (TPSA) is 127 Å². The van der Waals surface area contributed by atoms with Gasteiger partial charge in [0.1, 0.15) is 17.5 Å². The Bertz CT molecular complexity index is 1930. The Labute approximate surface area is 254 Å². The lowest BCUT2D eigenvalue weighted by Gasteiger charge is -2.25. The van der Waals surface area contributed by atoms with E-state index in [1.54, 1.807) is 12.1 Å². The molecule has 2 amide bonds. The van der Waals surface area contributed by atoms with Crippen LogP contribution in [0.4, 0.5) is 5.69 Å². The van der Waals surface area contributed by atoms with Gasteiger partial charge in [0, 0.05) is 36.5 Å². The number of ether oxygens (including phenoxy) is 2. The largest absolute Gasteiger partial charge is 0.454 e. The molecular weight excluding hydrogens is 592 g/mol. The van der Waals surface area contributed by atoms with Crippen molar-refractivity contribution >= 4 is 57.5 Å². The fourth-order valence-electron chi connectivity index (χ4n) is 5.03. The molecule has 0 aliphatic carbocycles. The summed E-state index contributed by atoms with van der Waals surface area (Å²) < 4.78 is 12.1. The number of fused-ring (bicyclic) bond motifs is 5. The number of amidine groups is 2. The second kappa shape index (κ2) is 11.2. The molecule has 11 nitrogen and oxygen atoms in total. The summed E-state index contributed by atoms with van der Waals surface area (Å²) in [4.78, 5) is 54.5. The molecular formula is C30H23ClN6O5S. The number of benzene rings is 2. The Balaban J connectivity index is 1.04. The van der Waals surface area contributed by atoms with Gasteiger partial charge in [0.2, 0.25) is 12.7 Å². The van der Waals surface area contributed by atoms with Crippen molar-refractivity contribution < 1.29 is 19.1 Å². The van der Waals surface area contributed by atoms with E-state index in [0.29, 0.717) is 56.9 Å². The molecule has 0 spiro atoms. The van der Waals surface area contributed by atoms with Crippen LogP contribution in [0.5, 0.6) is 11.5 Å². The molecule has 4 aromatic rings. The molecule has 3 aliphatic rings.